The topological polar surface area (TPSA) is 55.7 Å². The van der Waals surface area contributed by atoms with E-state index >= 15 is 0 Å². The molecule has 0 N–H and O–H groups in total. The van der Waals surface area contributed by atoms with Crippen LogP contribution in [0.5, 0.6) is 0 Å². The molecule has 0 saturated carbocycles. The van der Waals surface area contributed by atoms with Gasteiger partial charge in [-0.3, -0.25) is 10.1 Å². The van der Waals surface area contributed by atoms with Gasteiger partial charge in [0.25, 0.3) is 5.69 Å². The highest BCUT2D eigenvalue weighted by Crippen LogP contribution is 2.32. The number of ether oxygens (including phenoxy) is 1. The summed E-state index contributed by atoms with van der Waals surface area (Å²) in [7, 11) is 0. The predicted molar refractivity (Wildman–Crippen MR) is 46.5 cm³/mol. The van der Waals surface area contributed by atoms with Gasteiger partial charge in [-0.1, -0.05) is 12.1 Å². The van der Waals surface area contributed by atoms with E-state index in [0.717, 1.165) is 5.56 Å². The number of nitrogens with zero attached hydrogens (tertiary/aromatic N) is 1. The summed E-state index contributed by atoms with van der Waals surface area (Å²) >= 11 is 0. The van der Waals surface area contributed by atoms with Crippen LogP contribution in [-0.2, 0) is 4.74 Å². The van der Waals surface area contributed by atoms with Crippen molar-refractivity contribution >= 4 is 5.69 Å². The van der Waals surface area contributed by atoms with Crippen molar-refractivity contribution in [1.82, 2.24) is 0 Å². The summed E-state index contributed by atoms with van der Waals surface area (Å²) in [6.45, 7) is 2.41. The van der Waals surface area contributed by atoms with Gasteiger partial charge in [-0.05, 0) is 12.5 Å². The summed E-state index contributed by atoms with van der Waals surface area (Å²) in [6.07, 6.45) is 0.0827. The number of hydrogen-bond acceptors (Lipinski definition) is 3. The lowest BCUT2D eigenvalue weighted by atomic mass is 10.1. The zero-order chi connectivity index (χ0) is 9.42. The van der Waals surface area contributed by atoms with Crippen LogP contribution in [0, 0.1) is 17.0 Å². The Morgan fingerprint density at radius 1 is 1.62 bits per heavy atom. The van der Waals surface area contributed by atoms with Crippen molar-refractivity contribution in [3.8, 4) is 0 Å². The molecule has 0 aliphatic carbocycles. The lowest BCUT2D eigenvalue weighted by Gasteiger charge is -1.99. The first-order valence-corrected chi connectivity index (χ1v) is 4.05. The first-order valence-electron chi connectivity index (χ1n) is 4.05. The van der Waals surface area contributed by atoms with Crippen molar-refractivity contribution in [3.63, 3.8) is 0 Å². The van der Waals surface area contributed by atoms with Crippen LogP contribution in [0.1, 0.15) is 17.2 Å². The summed E-state index contributed by atoms with van der Waals surface area (Å²) in [5.74, 6) is 0. The van der Waals surface area contributed by atoms with Crippen molar-refractivity contribution in [2.24, 2.45) is 0 Å². The number of aryl methyl sites for hydroxylation is 1. The highest BCUT2D eigenvalue weighted by molar-refractivity contribution is 5.43. The Labute approximate surface area is 75.3 Å². The summed E-state index contributed by atoms with van der Waals surface area (Å²) in [4.78, 5) is 10.2. The fourth-order valence-corrected chi connectivity index (χ4v) is 1.26. The van der Waals surface area contributed by atoms with E-state index in [-0.39, 0.29) is 16.7 Å². The van der Waals surface area contributed by atoms with E-state index in [1.165, 1.54) is 0 Å². The maximum atomic E-state index is 10.6. The second-order valence-corrected chi connectivity index (χ2v) is 3.13. The lowest BCUT2D eigenvalue weighted by molar-refractivity contribution is -0.385. The highest BCUT2D eigenvalue weighted by Gasteiger charge is 2.26. The van der Waals surface area contributed by atoms with Crippen molar-refractivity contribution in [2.45, 2.75) is 13.0 Å². The molecule has 0 spiro atoms. The van der Waals surface area contributed by atoms with E-state index in [9.17, 15) is 10.1 Å². The van der Waals surface area contributed by atoms with E-state index in [4.69, 9.17) is 4.74 Å². The first kappa shape index (κ1) is 8.19. The van der Waals surface area contributed by atoms with E-state index in [2.05, 4.69) is 0 Å². The maximum Gasteiger partial charge on any atom is 0.272 e. The average molecular weight is 179 g/mol. The molecule has 1 saturated heterocycles. The first-order chi connectivity index (χ1) is 6.18. The van der Waals surface area contributed by atoms with Gasteiger partial charge in [-0.2, -0.15) is 0 Å². The minimum absolute atomic E-state index is 0.0827. The Morgan fingerprint density at radius 2 is 2.31 bits per heavy atom. The minimum Gasteiger partial charge on any atom is -0.368 e. The van der Waals surface area contributed by atoms with Crippen LogP contribution < -0.4 is 0 Å². The Kier molecular flexibility index (Phi) is 1.77. The minimum atomic E-state index is -0.360. The Balaban J connectivity index is 2.41. The van der Waals surface area contributed by atoms with Gasteiger partial charge in [0.15, 0.2) is 0 Å². The molecule has 1 heterocycles. The molecule has 2 rings (SSSR count). The highest BCUT2D eigenvalue weighted by atomic mass is 16.6. The quantitative estimate of drug-likeness (QED) is 0.396. The number of epoxide rings is 1. The molecule has 1 atom stereocenters. The zero-order valence-corrected chi connectivity index (χ0v) is 7.19. The molecule has 4 heteroatoms. The maximum absolute atomic E-state index is 10.6. The second-order valence-electron chi connectivity index (χ2n) is 3.13. The van der Waals surface area contributed by atoms with Gasteiger partial charge in [-0.25, -0.2) is 0 Å². The van der Waals surface area contributed by atoms with Crippen LogP contribution in [0.25, 0.3) is 0 Å². The second kappa shape index (κ2) is 2.81. The summed E-state index contributed by atoms with van der Waals surface area (Å²) in [5, 5.41) is 10.6. The van der Waals surface area contributed by atoms with Gasteiger partial charge in [0, 0.05) is 11.6 Å². The van der Waals surface area contributed by atoms with Crippen LogP contribution in [0.3, 0.4) is 0 Å². The third-order valence-corrected chi connectivity index (χ3v) is 2.14. The Hall–Kier alpha value is -1.42. The van der Waals surface area contributed by atoms with Crippen LogP contribution in [-0.4, -0.2) is 11.5 Å². The van der Waals surface area contributed by atoms with Crippen molar-refractivity contribution in [1.29, 1.82) is 0 Å². The molecule has 0 amide bonds. The fourth-order valence-electron chi connectivity index (χ4n) is 1.26. The molecule has 0 aromatic heterocycles. The molecular weight excluding hydrogens is 170 g/mol. The number of hydrogen-bond donors (Lipinski definition) is 0. The van der Waals surface area contributed by atoms with Crippen LogP contribution in [0.4, 0.5) is 5.69 Å². The standard InChI is InChI=1S/C9H9NO3/c1-6-2-3-7(9-5-13-9)4-8(6)10(11)12/h2-4,9H,5H2,1H3/t9-/m0/s1. The summed E-state index contributed by atoms with van der Waals surface area (Å²) in [5.41, 5.74) is 1.76. The van der Waals surface area contributed by atoms with Gasteiger partial charge in [-0.15, -0.1) is 0 Å². The van der Waals surface area contributed by atoms with Gasteiger partial charge >= 0.3 is 0 Å². The average Bonchev–Trinajstić information content (AvgIpc) is 2.87. The Morgan fingerprint density at radius 3 is 2.85 bits per heavy atom. The van der Waals surface area contributed by atoms with E-state index in [1.54, 1.807) is 19.1 Å². The SMILES string of the molecule is Cc1ccc([C@@H]2CO2)cc1[N+](=O)[O-]. The van der Waals surface area contributed by atoms with Crippen molar-refractivity contribution in [2.75, 3.05) is 6.61 Å². The van der Waals surface area contributed by atoms with Crippen LogP contribution in [0.2, 0.25) is 0 Å². The monoisotopic (exact) mass is 179 g/mol. The number of benzene rings is 1. The van der Waals surface area contributed by atoms with Crippen molar-refractivity contribution < 1.29 is 9.66 Å². The number of rotatable bonds is 2. The van der Waals surface area contributed by atoms with Crippen molar-refractivity contribution in [3.05, 3.63) is 39.4 Å². The molecule has 1 aromatic rings. The predicted octanol–water partition coefficient (Wildman–Crippen LogP) is 1.97. The third kappa shape index (κ3) is 1.53. The van der Waals surface area contributed by atoms with Crippen LogP contribution in [0.15, 0.2) is 18.2 Å². The molecular formula is C9H9NO3. The third-order valence-electron chi connectivity index (χ3n) is 2.14. The normalized spacial score (nSPS) is 19.9. The molecule has 1 fully saturated rings. The van der Waals surface area contributed by atoms with Gasteiger partial charge in [0.1, 0.15) is 6.10 Å². The smallest absolute Gasteiger partial charge is 0.272 e. The van der Waals surface area contributed by atoms with Gasteiger partial charge < -0.3 is 4.74 Å². The summed E-state index contributed by atoms with van der Waals surface area (Å²) < 4.78 is 5.05. The number of nitro groups is 1. The van der Waals surface area contributed by atoms with E-state index in [0.29, 0.717) is 12.2 Å². The van der Waals surface area contributed by atoms with Crippen LogP contribution >= 0.6 is 0 Å². The van der Waals surface area contributed by atoms with Gasteiger partial charge in [0.05, 0.1) is 11.5 Å². The van der Waals surface area contributed by atoms with E-state index < -0.39 is 0 Å². The molecule has 68 valence electrons. The molecule has 0 radical (unpaired) electrons. The fraction of sp³-hybridized carbons (Fsp3) is 0.333. The largest absolute Gasteiger partial charge is 0.368 e. The molecule has 0 unspecified atom stereocenters. The molecule has 1 aromatic carbocycles. The zero-order valence-electron chi connectivity index (χ0n) is 7.19. The molecule has 13 heavy (non-hydrogen) atoms. The Bertz CT molecular complexity index is 358. The van der Waals surface area contributed by atoms with E-state index in [1.807, 2.05) is 6.07 Å². The van der Waals surface area contributed by atoms with Gasteiger partial charge in [0.2, 0.25) is 0 Å². The molecule has 1 aliphatic heterocycles. The molecule has 4 nitrogen and oxygen atoms in total. The summed E-state index contributed by atoms with van der Waals surface area (Å²) in [6, 6.07) is 5.22. The lowest BCUT2D eigenvalue weighted by Crippen LogP contribution is -1.93. The number of nitro benzene ring substituents is 1. The molecule has 0 bridgehead atoms. The molecule has 1 aliphatic rings.